The summed E-state index contributed by atoms with van der Waals surface area (Å²) in [5.74, 6) is 0.302. The summed E-state index contributed by atoms with van der Waals surface area (Å²) in [7, 11) is 0. The van der Waals surface area contributed by atoms with Crippen LogP contribution in [0.4, 0.5) is 0 Å². The lowest BCUT2D eigenvalue weighted by Crippen LogP contribution is -2.42. The molecule has 2 aliphatic heterocycles. The second kappa shape index (κ2) is 5.38. The van der Waals surface area contributed by atoms with E-state index in [4.69, 9.17) is 0 Å². The fourth-order valence-electron chi connectivity index (χ4n) is 3.79. The standard InChI is InChI=1S/C16H23N3OS/c1-2-14-16(20)19(15(17-14)11-6-8-21-10-11)13-5-7-18(9-13)12-3-4-12/h6,8,10,12-15,17H,2-5,7,9H2,1H3. The zero-order chi connectivity index (χ0) is 14.4. The van der Waals surface area contributed by atoms with Crippen molar-refractivity contribution in [1.82, 2.24) is 15.1 Å². The Kier molecular flexibility index (Phi) is 3.52. The molecule has 0 aromatic carbocycles. The van der Waals surface area contributed by atoms with Crippen LogP contribution in [-0.4, -0.2) is 46.9 Å². The predicted octanol–water partition coefficient (Wildman–Crippen LogP) is 2.19. The van der Waals surface area contributed by atoms with Gasteiger partial charge in [0.1, 0.15) is 6.17 Å². The Morgan fingerprint density at radius 3 is 2.86 bits per heavy atom. The van der Waals surface area contributed by atoms with Crippen molar-refractivity contribution in [2.24, 2.45) is 0 Å². The van der Waals surface area contributed by atoms with Crippen LogP contribution in [0.1, 0.15) is 44.3 Å². The number of likely N-dealkylation sites (tertiary alicyclic amines) is 1. The van der Waals surface area contributed by atoms with Crippen molar-refractivity contribution in [3.63, 3.8) is 0 Å². The minimum absolute atomic E-state index is 0.00938. The number of thiophene rings is 1. The van der Waals surface area contributed by atoms with Crippen molar-refractivity contribution in [3.8, 4) is 0 Å². The number of hydrogen-bond donors (Lipinski definition) is 1. The molecule has 0 bridgehead atoms. The minimum atomic E-state index is -0.00938. The van der Waals surface area contributed by atoms with Gasteiger partial charge in [0.25, 0.3) is 0 Å². The molecule has 114 valence electrons. The van der Waals surface area contributed by atoms with Crippen molar-refractivity contribution in [2.75, 3.05) is 13.1 Å². The van der Waals surface area contributed by atoms with Crippen LogP contribution in [0.25, 0.3) is 0 Å². The van der Waals surface area contributed by atoms with Crippen LogP contribution >= 0.6 is 11.3 Å². The minimum Gasteiger partial charge on any atom is -0.317 e. The van der Waals surface area contributed by atoms with E-state index < -0.39 is 0 Å². The van der Waals surface area contributed by atoms with Gasteiger partial charge >= 0.3 is 0 Å². The van der Waals surface area contributed by atoms with Crippen molar-refractivity contribution in [3.05, 3.63) is 22.4 Å². The van der Waals surface area contributed by atoms with Gasteiger partial charge in [0.05, 0.1) is 6.04 Å². The molecule has 1 N–H and O–H groups in total. The maximum Gasteiger partial charge on any atom is 0.241 e. The molecule has 3 aliphatic rings. The average molecular weight is 305 g/mol. The molecular weight excluding hydrogens is 282 g/mol. The highest BCUT2D eigenvalue weighted by atomic mass is 32.1. The Balaban J connectivity index is 1.56. The first-order chi connectivity index (χ1) is 10.3. The highest BCUT2D eigenvalue weighted by molar-refractivity contribution is 7.07. The van der Waals surface area contributed by atoms with E-state index in [2.05, 4.69) is 38.9 Å². The maximum absolute atomic E-state index is 12.8. The normalized spacial score (nSPS) is 34.0. The number of amides is 1. The molecule has 1 aromatic rings. The molecule has 4 nitrogen and oxygen atoms in total. The van der Waals surface area contributed by atoms with E-state index >= 15 is 0 Å². The van der Waals surface area contributed by atoms with Crippen LogP contribution in [-0.2, 0) is 4.79 Å². The molecule has 1 amide bonds. The number of hydrogen-bond acceptors (Lipinski definition) is 4. The molecule has 3 fully saturated rings. The van der Waals surface area contributed by atoms with E-state index in [1.807, 2.05) is 0 Å². The maximum atomic E-state index is 12.8. The number of nitrogens with one attached hydrogen (secondary N) is 1. The van der Waals surface area contributed by atoms with Gasteiger partial charge < -0.3 is 4.90 Å². The molecule has 3 heterocycles. The van der Waals surface area contributed by atoms with Gasteiger partial charge in [-0.25, -0.2) is 0 Å². The summed E-state index contributed by atoms with van der Waals surface area (Å²) in [6.45, 7) is 4.32. The summed E-state index contributed by atoms with van der Waals surface area (Å²) in [6, 6.07) is 3.33. The monoisotopic (exact) mass is 305 g/mol. The third kappa shape index (κ3) is 2.41. The summed E-state index contributed by atoms with van der Waals surface area (Å²) in [5, 5.41) is 7.82. The predicted molar refractivity (Wildman–Crippen MR) is 84.1 cm³/mol. The third-order valence-corrected chi connectivity index (χ3v) is 5.81. The fraction of sp³-hybridized carbons (Fsp3) is 0.688. The second-order valence-electron chi connectivity index (χ2n) is 6.50. The van der Waals surface area contributed by atoms with E-state index in [0.717, 1.165) is 32.0 Å². The van der Waals surface area contributed by atoms with E-state index in [9.17, 15) is 4.79 Å². The summed E-state index contributed by atoms with van der Waals surface area (Å²) in [5.41, 5.74) is 1.24. The van der Waals surface area contributed by atoms with E-state index in [1.165, 1.54) is 18.4 Å². The summed E-state index contributed by atoms with van der Waals surface area (Å²) in [4.78, 5) is 17.5. The van der Waals surface area contributed by atoms with Crippen LogP contribution < -0.4 is 5.32 Å². The Labute approximate surface area is 130 Å². The number of rotatable bonds is 4. The Morgan fingerprint density at radius 2 is 2.19 bits per heavy atom. The molecule has 5 heteroatoms. The lowest BCUT2D eigenvalue weighted by molar-refractivity contribution is -0.132. The highest BCUT2D eigenvalue weighted by Gasteiger charge is 2.45. The van der Waals surface area contributed by atoms with Gasteiger partial charge in [0, 0.05) is 25.2 Å². The zero-order valence-corrected chi connectivity index (χ0v) is 13.3. The first kappa shape index (κ1) is 13.7. The molecule has 4 rings (SSSR count). The lowest BCUT2D eigenvalue weighted by Gasteiger charge is -2.30. The number of carbonyl (C=O) groups is 1. The van der Waals surface area contributed by atoms with Crippen molar-refractivity contribution in [1.29, 1.82) is 0 Å². The Morgan fingerprint density at radius 1 is 1.33 bits per heavy atom. The topological polar surface area (TPSA) is 35.6 Å². The van der Waals surface area contributed by atoms with E-state index in [0.29, 0.717) is 11.9 Å². The largest absolute Gasteiger partial charge is 0.317 e. The van der Waals surface area contributed by atoms with Crippen LogP contribution in [0, 0.1) is 0 Å². The molecule has 0 spiro atoms. The van der Waals surface area contributed by atoms with Crippen LogP contribution in [0.15, 0.2) is 16.8 Å². The van der Waals surface area contributed by atoms with Gasteiger partial charge in [0.2, 0.25) is 5.91 Å². The molecule has 1 saturated carbocycles. The molecule has 3 atom stereocenters. The molecule has 0 radical (unpaired) electrons. The molecule has 1 aromatic heterocycles. The van der Waals surface area contributed by atoms with Gasteiger partial charge in [-0.05, 0) is 48.1 Å². The highest BCUT2D eigenvalue weighted by Crippen LogP contribution is 2.36. The van der Waals surface area contributed by atoms with Crippen molar-refractivity contribution in [2.45, 2.75) is 56.9 Å². The van der Waals surface area contributed by atoms with Crippen molar-refractivity contribution < 1.29 is 4.79 Å². The first-order valence-corrected chi connectivity index (χ1v) is 9.06. The molecule has 2 saturated heterocycles. The molecular formula is C16H23N3OS. The van der Waals surface area contributed by atoms with Crippen LogP contribution in [0.3, 0.4) is 0 Å². The van der Waals surface area contributed by atoms with Gasteiger partial charge in [-0.2, -0.15) is 11.3 Å². The second-order valence-corrected chi connectivity index (χ2v) is 7.28. The van der Waals surface area contributed by atoms with Gasteiger partial charge in [-0.15, -0.1) is 0 Å². The SMILES string of the molecule is CCC1NC(c2ccsc2)N(C2CCN(C3CC3)C2)C1=O. The average Bonchev–Trinajstić information content (AvgIpc) is 2.94. The third-order valence-electron chi connectivity index (χ3n) is 5.11. The van der Waals surface area contributed by atoms with Gasteiger partial charge in [-0.3, -0.25) is 15.0 Å². The van der Waals surface area contributed by atoms with Crippen molar-refractivity contribution >= 4 is 17.2 Å². The van der Waals surface area contributed by atoms with Crippen LogP contribution in [0.5, 0.6) is 0 Å². The molecule has 1 aliphatic carbocycles. The molecule has 21 heavy (non-hydrogen) atoms. The first-order valence-electron chi connectivity index (χ1n) is 8.12. The Hall–Kier alpha value is -0.910. The number of nitrogens with zero attached hydrogens (tertiary/aromatic N) is 2. The fourth-order valence-corrected chi connectivity index (χ4v) is 4.47. The summed E-state index contributed by atoms with van der Waals surface area (Å²) >= 11 is 1.71. The van der Waals surface area contributed by atoms with E-state index in [-0.39, 0.29) is 12.2 Å². The molecule has 3 unspecified atom stereocenters. The van der Waals surface area contributed by atoms with Crippen LogP contribution in [0.2, 0.25) is 0 Å². The smallest absolute Gasteiger partial charge is 0.241 e. The Bertz CT molecular complexity index is 514. The lowest BCUT2D eigenvalue weighted by atomic mass is 10.1. The summed E-state index contributed by atoms with van der Waals surface area (Å²) < 4.78 is 0. The van der Waals surface area contributed by atoms with E-state index in [1.54, 1.807) is 11.3 Å². The quantitative estimate of drug-likeness (QED) is 0.926. The van der Waals surface area contributed by atoms with Gasteiger partial charge in [-0.1, -0.05) is 6.92 Å². The summed E-state index contributed by atoms with van der Waals surface area (Å²) in [6.07, 6.45) is 4.78. The van der Waals surface area contributed by atoms with Gasteiger partial charge in [0.15, 0.2) is 0 Å². The zero-order valence-electron chi connectivity index (χ0n) is 12.5. The number of carbonyl (C=O) groups excluding carboxylic acids is 1.